The number of rotatable bonds is 7. The molecule has 1 atom stereocenters. The topological polar surface area (TPSA) is 63.3 Å². The minimum Gasteiger partial charge on any atom is -0.468 e. The highest BCUT2D eigenvalue weighted by Gasteiger charge is 2.27. The Morgan fingerprint density at radius 3 is 2.38 bits per heavy atom. The smallest absolute Gasteiger partial charge is 0.255 e. The highest BCUT2D eigenvalue weighted by atomic mass is 16.3. The van der Waals surface area contributed by atoms with E-state index >= 15 is 0 Å². The van der Waals surface area contributed by atoms with Crippen molar-refractivity contribution in [3.05, 3.63) is 96.6 Å². The van der Waals surface area contributed by atoms with Crippen molar-refractivity contribution in [2.24, 2.45) is 0 Å². The molecule has 1 amide bonds. The van der Waals surface area contributed by atoms with Gasteiger partial charge in [0, 0.05) is 18.3 Å². The van der Waals surface area contributed by atoms with Gasteiger partial charge in [-0.1, -0.05) is 48.5 Å². The number of hydrogen-bond donors (Lipinski definition) is 1. The normalized spacial score (nSPS) is 15.0. The van der Waals surface area contributed by atoms with Crippen LogP contribution < -0.4 is 5.32 Å². The van der Waals surface area contributed by atoms with Crippen molar-refractivity contribution >= 4 is 5.91 Å². The molecule has 2 aromatic heterocycles. The first-order chi connectivity index (χ1) is 15.8. The van der Waals surface area contributed by atoms with Crippen LogP contribution in [0.5, 0.6) is 0 Å². The number of nitrogens with zero attached hydrogens (tertiary/aromatic N) is 3. The van der Waals surface area contributed by atoms with Gasteiger partial charge in [0.2, 0.25) is 0 Å². The Hall–Kier alpha value is -3.64. The number of furan rings is 1. The van der Waals surface area contributed by atoms with Gasteiger partial charge >= 0.3 is 0 Å². The van der Waals surface area contributed by atoms with Crippen LogP contribution in [0.2, 0.25) is 0 Å². The van der Waals surface area contributed by atoms with Crippen molar-refractivity contribution in [2.75, 3.05) is 19.6 Å². The summed E-state index contributed by atoms with van der Waals surface area (Å²) in [6.45, 7) is 2.52. The van der Waals surface area contributed by atoms with Crippen LogP contribution in [-0.4, -0.2) is 40.2 Å². The minimum absolute atomic E-state index is 0.0285. The van der Waals surface area contributed by atoms with Gasteiger partial charge < -0.3 is 9.73 Å². The highest BCUT2D eigenvalue weighted by molar-refractivity contribution is 6.00. The summed E-state index contributed by atoms with van der Waals surface area (Å²) >= 11 is 0. The first-order valence-corrected chi connectivity index (χ1v) is 11.1. The number of para-hydroxylation sites is 1. The molecule has 1 saturated heterocycles. The van der Waals surface area contributed by atoms with Crippen LogP contribution in [0.4, 0.5) is 0 Å². The number of benzene rings is 2. The van der Waals surface area contributed by atoms with E-state index in [0.717, 1.165) is 30.1 Å². The second kappa shape index (κ2) is 9.24. The fraction of sp³-hybridized carbons (Fsp3) is 0.231. The SMILES string of the molecule is O=C(NCC(c1ccco1)N1CCCC1)c1cn(-c2ccccc2)nc1-c1ccccc1. The standard InChI is InChI=1S/C26H26N4O2/c31-26(27-18-23(24-14-9-17-32-24)29-15-7-8-16-29)22-19-30(21-12-5-2-6-13-21)28-25(22)20-10-3-1-4-11-20/h1-6,9-14,17,19,23H,7-8,15-16,18H2,(H,27,31). The highest BCUT2D eigenvalue weighted by Crippen LogP contribution is 2.26. The molecule has 32 heavy (non-hydrogen) atoms. The van der Waals surface area contributed by atoms with Crippen molar-refractivity contribution in [1.82, 2.24) is 20.0 Å². The van der Waals surface area contributed by atoms with E-state index < -0.39 is 0 Å². The maximum atomic E-state index is 13.4. The van der Waals surface area contributed by atoms with Gasteiger partial charge in [-0.15, -0.1) is 0 Å². The fourth-order valence-electron chi connectivity index (χ4n) is 4.29. The molecule has 162 valence electrons. The lowest BCUT2D eigenvalue weighted by atomic mass is 10.1. The number of carbonyl (C=O) groups excluding carboxylic acids is 1. The van der Waals surface area contributed by atoms with E-state index in [1.165, 1.54) is 12.8 Å². The van der Waals surface area contributed by atoms with Crippen molar-refractivity contribution in [1.29, 1.82) is 0 Å². The van der Waals surface area contributed by atoms with Crippen LogP contribution >= 0.6 is 0 Å². The molecule has 1 aliphatic rings. The molecule has 1 unspecified atom stereocenters. The molecule has 6 nitrogen and oxygen atoms in total. The van der Waals surface area contributed by atoms with Gasteiger partial charge in [-0.05, 0) is 50.2 Å². The lowest BCUT2D eigenvalue weighted by Gasteiger charge is -2.26. The Morgan fingerprint density at radius 2 is 1.69 bits per heavy atom. The second-order valence-electron chi connectivity index (χ2n) is 8.02. The van der Waals surface area contributed by atoms with E-state index in [1.54, 1.807) is 10.9 Å². The Kier molecular flexibility index (Phi) is 5.85. The van der Waals surface area contributed by atoms with Crippen molar-refractivity contribution in [2.45, 2.75) is 18.9 Å². The molecule has 0 radical (unpaired) electrons. The predicted octanol–water partition coefficient (Wildman–Crippen LogP) is 4.70. The van der Waals surface area contributed by atoms with Crippen LogP contribution in [0.1, 0.15) is 35.0 Å². The lowest BCUT2D eigenvalue weighted by molar-refractivity contribution is 0.0934. The van der Waals surface area contributed by atoms with E-state index in [0.29, 0.717) is 17.8 Å². The first-order valence-electron chi connectivity index (χ1n) is 11.1. The number of aromatic nitrogens is 2. The van der Waals surface area contributed by atoms with Gasteiger partial charge in [-0.25, -0.2) is 4.68 Å². The zero-order valence-electron chi connectivity index (χ0n) is 17.9. The van der Waals surface area contributed by atoms with E-state index in [2.05, 4.69) is 10.2 Å². The molecule has 0 spiro atoms. The number of nitrogens with one attached hydrogen (secondary N) is 1. The molecule has 2 aromatic carbocycles. The predicted molar refractivity (Wildman–Crippen MR) is 124 cm³/mol. The van der Waals surface area contributed by atoms with Crippen LogP contribution in [-0.2, 0) is 0 Å². The zero-order valence-corrected chi connectivity index (χ0v) is 17.9. The third-order valence-electron chi connectivity index (χ3n) is 5.94. The molecule has 1 N–H and O–H groups in total. The van der Waals surface area contributed by atoms with Crippen LogP contribution in [0.15, 0.2) is 89.7 Å². The molecule has 0 saturated carbocycles. The zero-order chi connectivity index (χ0) is 21.8. The van der Waals surface area contributed by atoms with Crippen LogP contribution in [0.3, 0.4) is 0 Å². The number of likely N-dealkylation sites (tertiary alicyclic amines) is 1. The number of carbonyl (C=O) groups is 1. The van der Waals surface area contributed by atoms with Crippen molar-refractivity contribution in [3.63, 3.8) is 0 Å². The fourth-order valence-corrected chi connectivity index (χ4v) is 4.29. The molecule has 1 fully saturated rings. The molecule has 0 bridgehead atoms. The molecular formula is C26H26N4O2. The Balaban J connectivity index is 1.42. The third kappa shape index (κ3) is 4.22. The van der Waals surface area contributed by atoms with Crippen LogP contribution in [0.25, 0.3) is 16.9 Å². The van der Waals surface area contributed by atoms with Crippen molar-refractivity contribution < 1.29 is 9.21 Å². The van der Waals surface area contributed by atoms with E-state index in [-0.39, 0.29) is 11.9 Å². The first kappa shape index (κ1) is 20.3. The lowest BCUT2D eigenvalue weighted by Crippen LogP contribution is -2.36. The van der Waals surface area contributed by atoms with Crippen molar-refractivity contribution in [3.8, 4) is 16.9 Å². The molecule has 4 aromatic rings. The maximum Gasteiger partial charge on any atom is 0.255 e. The molecule has 3 heterocycles. The van der Waals surface area contributed by atoms with Gasteiger partial charge in [0.05, 0.1) is 23.6 Å². The summed E-state index contributed by atoms with van der Waals surface area (Å²) in [6, 6.07) is 23.6. The molecule has 1 aliphatic heterocycles. The largest absolute Gasteiger partial charge is 0.468 e. The van der Waals surface area contributed by atoms with Gasteiger partial charge in [-0.2, -0.15) is 5.10 Å². The average Bonchev–Trinajstić information content (AvgIpc) is 3.63. The summed E-state index contributed by atoms with van der Waals surface area (Å²) < 4.78 is 7.46. The van der Waals surface area contributed by atoms with Gasteiger partial charge in [0.15, 0.2) is 0 Å². The van der Waals surface area contributed by atoms with E-state index in [9.17, 15) is 4.79 Å². The molecule has 0 aliphatic carbocycles. The van der Waals surface area contributed by atoms with E-state index in [4.69, 9.17) is 9.52 Å². The molecule has 6 heteroatoms. The van der Waals surface area contributed by atoms with Gasteiger partial charge in [-0.3, -0.25) is 9.69 Å². The van der Waals surface area contributed by atoms with Crippen LogP contribution in [0, 0.1) is 0 Å². The summed E-state index contributed by atoms with van der Waals surface area (Å²) in [4.78, 5) is 15.7. The minimum atomic E-state index is -0.137. The summed E-state index contributed by atoms with van der Waals surface area (Å²) in [5.41, 5.74) is 3.05. The van der Waals surface area contributed by atoms with E-state index in [1.807, 2.05) is 79.0 Å². The van der Waals surface area contributed by atoms with Gasteiger partial charge in [0.1, 0.15) is 11.5 Å². The molecule has 5 rings (SSSR count). The Bertz CT molecular complexity index is 1150. The maximum absolute atomic E-state index is 13.4. The van der Waals surface area contributed by atoms with Gasteiger partial charge in [0.25, 0.3) is 5.91 Å². The quantitative estimate of drug-likeness (QED) is 0.465. The average molecular weight is 427 g/mol. The monoisotopic (exact) mass is 426 g/mol. The summed E-state index contributed by atoms with van der Waals surface area (Å²) in [6.07, 6.45) is 5.85. The summed E-state index contributed by atoms with van der Waals surface area (Å²) in [7, 11) is 0. The third-order valence-corrected chi connectivity index (χ3v) is 5.94. The summed E-state index contributed by atoms with van der Waals surface area (Å²) in [5, 5.41) is 7.90. The second-order valence-corrected chi connectivity index (χ2v) is 8.02. The number of amides is 1. The molecular weight excluding hydrogens is 400 g/mol. The Labute approximate surface area is 187 Å². The summed E-state index contributed by atoms with van der Waals surface area (Å²) in [5.74, 6) is 0.747. The Morgan fingerprint density at radius 1 is 0.969 bits per heavy atom. The number of hydrogen-bond acceptors (Lipinski definition) is 4.